The molecule has 0 aliphatic carbocycles. The van der Waals surface area contributed by atoms with Crippen LogP contribution in [0.5, 0.6) is 0 Å². The molecule has 0 saturated carbocycles. The number of nitro groups is 1. The second-order valence-corrected chi connectivity index (χ2v) is 4.11. The highest BCUT2D eigenvalue weighted by Gasteiger charge is 2.32. The number of nitro benzene ring substituents is 1. The fourth-order valence-corrected chi connectivity index (χ4v) is 1.97. The van der Waals surface area contributed by atoms with Gasteiger partial charge >= 0.3 is 0 Å². The predicted octanol–water partition coefficient (Wildman–Crippen LogP) is 0.00828. The molecule has 0 radical (unpaired) electrons. The first kappa shape index (κ1) is 12.3. The maximum atomic E-state index is 11.0. The van der Waals surface area contributed by atoms with Crippen molar-refractivity contribution in [3.05, 3.63) is 33.9 Å². The van der Waals surface area contributed by atoms with Crippen LogP contribution >= 0.6 is 0 Å². The van der Waals surface area contributed by atoms with Gasteiger partial charge in [0, 0.05) is 19.2 Å². The Balaban J connectivity index is 2.39. The lowest BCUT2D eigenvalue weighted by Crippen LogP contribution is -2.22. The van der Waals surface area contributed by atoms with Gasteiger partial charge in [0.25, 0.3) is 5.69 Å². The molecule has 0 aromatic heterocycles. The van der Waals surface area contributed by atoms with E-state index in [9.17, 15) is 20.3 Å². The van der Waals surface area contributed by atoms with Crippen molar-refractivity contribution in [2.75, 3.05) is 18.0 Å². The minimum atomic E-state index is -0.916. The van der Waals surface area contributed by atoms with Crippen LogP contribution in [-0.4, -0.2) is 40.4 Å². The molecular weight excluding hydrogens is 238 g/mol. The molecule has 7 nitrogen and oxygen atoms in total. The van der Waals surface area contributed by atoms with Crippen LogP contribution in [0.15, 0.2) is 18.2 Å². The SMILES string of the molecule is N#Cc1ccc(N2CC(O)C(O)C2)c([N+](=O)[O-])c1. The summed E-state index contributed by atoms with van der Waals surface area (Å²) in [5.41, 5.74) is 0.302. The predicted molar refractivity (Wildman–Crippen MR) is 62.0 cm³/mol. The molecule has 1 aromatic rings. The van der Waals surface area contributed by atoms with Crippen LogP contribution in [0.2, 0.25) is 0 Å². The zero-order chi connectivity index (χ0) is 13.3. The lowest BCUT2D eigenvalue weighted by Gasteiger charge is -2.17. The molecule has 18 heavy (non-hydrogen) atoms. The van der Waals surface area contributed by atoms with Gasteiger partial charge in [0.1, 0.15) is 5.69 Å². The van der Waals surface area contributed by atoms with E-state index in [0.29, 0.717) is 5.69 Å². The van der Waals surface area contributed by atoms with E-state index in [0.717, 1.165) is 0 Å². The van der Waals surface area contributed by atoms with Crippen LogP contribution in [0.4, 0.5) is 11.4 Å². The summed E-state index contributed by atoms with van der Waals surface area (Å²) in [5, 5.41) is 38.6. The molecule has 1 aromatic carbocycles. The fourth-order valence-electron chi connectivity index (χ4n) is 1.97. The molecule has 0 amide bonds. The summed E-state index contributed by atoms with van der Waals surface area (Å²) < 4.78 is 0. The summed E-state index contributed by atoms with van der Waals surface area (Å²) in [4.78, 5) is 11.9. The maximum absolute atomic E-state index is 11.0. The molecule has 2 rings (SSSR count). The molecule has 1 fully saturated rings. The highest BCUT2D eigenvalue weighted by atomic mass is 16.6. The largest absolute Gasteiger partial charge is 0.389 e. The molecule has 2 atom stereocenters. The molecule has 7 heteroatoms. The average molecular weight is 249 g/mol. The molecule has 1 saturated heterocycles. The van der Waals surface area contributed by atoms with Crippen molar-refractivity contribution in [3.8, 4) is 6.07 Å². The van der Waals surface area contributed by atoms with Crippen LogP contribution in [0, 0.1) is 21.4 Å². The maximum Gasteiger partial charge on any atom is 0.293 e. The van der Waals surface area contributed by atoms with Crippen molar-refractivity contribution < 1.29 is 15.1 Å². The Morgan fingerprint density at radius 1 is 1.39 bits per heavy atom. The Hall–Kier alpha value is -2.17. The van der Waals surface area contributed by atoms with Crippen molar-refractivity contribution in [1.29, 1.82) is 5.26 Å². The van der Waals surface area contributed by atoms with E-state index in [-0.39, 0.29) is 24.3 Å². The molecule has 1 aliphatic rings. The van der Waals surface area contributed by atoms with Gasteiger partial charge in [-0.15, -0.1) is 0 Å². The van der Waals surface area contributed by atoms with Gasteiger partial charge in [-0.05, 0) is 12.1 Å². The number of aliphatic hydroxyl groups excluding tert-OH is 2. The average Bonchev–Trinajstić information content (AvgIpc) is 2.68. The number of anilines is 1. The van der Waals surface area contributed by atoms with Gasteiger partial charge in [0.05, 0.1) is 28.8 Å². The van der Waals surface area contributed by atoms with Crippen molar-refractivity contribution in [2.45, 2.75) is 12.2 Å². The fraction of sp³-hybridized carbons (Fsp3) is 0.364. The molecule has 2 N–H and O–H groups in total. The summed E-state index contributed by atoms with van der Waals surface area (Å²) in [6.07, 6.45) is -1.83. The topological polar surface area (TPSA) is 111 Å². The summed E-state index contributed by atoms with van der Waals surface area (Å²) in [7, 11) is 0. The van der Waals surface area contributed by atoms with Crippen LogP contribution in [0.1, 0.15) is 5.56 Å². The van der Waals surface area contributed by atoms with Crippen LogP contribution < -0.4 is 4.90 Å². The monoisotopic (exact) mass is 249 g/mol. The molecular formula is C11H11N3O4. The summed E-state index contributed by atoms with van der Waals surface area (Å²) in [6, 6.07) is 5.95. The normalized spacial score (nSPS) is 22.8. The minimum absolute atomic E-state index is 0.133. The van der Waals surface area contributed by atoms with E-state index in [2.05, 4.69) is 0 Å². The Bertz CT molecular complexity index is 516. The van der Waals surface area contributed by atoms with Gasteiger partial charge in [0.15, 0.2) is 0 Å². The molecule has 0 spiro atoms. The third-order valence-electron chi connectivity index (χ3n) is 2.90. The zero-order valence-electron chi connectivity index (χ0n) is 9.35. The highest BCUT2D eigenvalue weighted by Crippen LogP contribution is 2.31. The number of benzene rings is 1. The second-order valence-electron chi connectivity index (χ2n) is 4.11. The van der Waals surface area contributed by atoms with Gasteiger partial charge < -0.3 is 15.1 Å². The smallest absolute Gasteiger partial charge is 0.293 e. The Morgan fingerprint density at radius 3 is 2.50 bits per heavy atom. The van der Waals surface area contributed by atoms with E-state index in [1.807, 2.05) is 6.07 Å². The number of nitrogens with zero attached hydrogens (tertiary/aromatic N) is 3. The van der Waals surface area contributed by atoms with Gasteiger partial charge in [-0.1, -0.05) is 0 Å². The van der Waals surface area contributed by atoms with Gasteiger partial charge in [-0.2, -0.15) is 5.26 Å². The van der Waals surface area contributed by atoms with Crippen molar-refractivity contribution in [2.24, 2.45) is 0 Å². The highest BCUT2D eigenvalue weighted by molar-refractivity contribution is 5.66. The first-order valence-electron chi connectivity index (χ1n) is 5.32. The number of nitriles is 1. The standard InChI is InChI=1S/C11H11N3O4/c12-4-7-1-2-8(9(3-7)14(17)18)13-5-10(15)11(16)6-13/h1-3,10-11,15-16H,5-6H2. The van der Waals surface area contributed by atoms with E-state index in [1.165, 1.54) is 23.1 Å². The molecule has 1 heterocycles. The van der Waals surface area contributed by atoms with Crippen molar-refractivity contribution >= 4 is 11.4 Å². The first-order valence-corrected chi connectivity index (χ1v) is 5.32. The van der Waals surface area contributed by atoms with E-state index in [1.54, 1.807) is 0 Å². The molecule has 1 aliphatic heterocycles. The molecule has 0 bridgehead atoms. The van der Waals surface area contributed by atoms with Gasteiger partial charge in [0.2, 0.25) is 0 Å². The molecule has 94 valence electrons. The number of β-amino-alcohol motifs (C(OH)–C–C–N with tert-alkyl or cyclic N) is 2. The summed E-state index contributed by atoms with van der Waals surface area (Å²) in [5.74, 6) is 0. The van der Waals surface area contributed by atoms with Crippen molar-refractivity contribution in [3.63, 3.8) is 0 Å². The summed E-state index contributed by atoms with van der Waals surface area (Å²) >= 11 is 0. The van der Waals surface area contributed by atoms with Crippen LogP contribution in [-0.2, 0) is 0 Å². The Labute approximate surface area is 103 Å². The summed E-state index contributed by atoms with van der Waals surface area (Å²) in [6.45, 7) is 0.266. The van der Waals surface area contributed by atoms with Gasteiger partial charge in [-0.25, -0.2) is 0 Å². The quantitative estimate of drug-likeness (QED) is 0.564. The Kier molecular flexibility index (Phi) is 3.14. The number of hydrogen-bond donors (Lipinski definition) is 2. The second kappa shape index (κ2) is 4.60. The lowest BCUT2D eigenvalue weighted by atomic mass is 10.2. The molecule has 2 unspecified atom stereocenters. The van der Waals surface area contributed by atoms with Crippen molar-refractivity contribution in [1.82, 2.24) is 0 Å². The zero-order valence-corrected chi connectivity index (χ0v) is 9.35. The third-order valence-corrected chi connectivity index (χ3v) is 2.90. The first-order chi connectivity index (χ1) is 8.52. The lowest BCUT2D eigenvalue weighted by molar-refractivity contribution is -0.384. The van der Waals surface area contributed by atoms with Crippen LogP contribution in [0.3, 0.4) is 0 Å². The Morgan fingerprint density at radius 2 is 2.00 bits per heavy atom. The number of rotatable bonds is 2. The van der Waals surface area contributed by atoms with E-state index >= 15 is 0 Å². The van der Waals surface area contributed by atoms with E-state index in [4.69, 9.17) is 5.26 Å². The van der Waals surface area contributed by atoms with Crippen LogP contribution in [0.25, 0.3) is 0 Å². The third kappa shape index (κ3) is 2.11. The number of aliphatic hydroxyl groups is 2. The van der Waals surface area contributed by atoms with Gasteiger partial charge in [-0.3, -0.25) is 10.1 Å². The van der Waals surface area contributed by atoms with E-state index < -0.39 is 17.1 Å². The number of hydrogen-bond acceptors (Lipinski definition) is 6. The minimum Gasteiger partial charge on any atom is -0.389 e.